The molecule has 0 aliphatic heterocycles. The van der Waals surface area contributed by atoms with Crippen molar-refractivity contribution in [1.82, 2.24) is 4.98 Å². The van der Waals surface area contributed by atoms with Gasteiger partial charge in [0.15, 0.2) is 0 Å². The summed E-state index contributed by atoms with van der Waals surface area (Å²) in [6, 6.07) is 3.60. The second kappa shape index (κ2) is 6.71. The number of hydrogen-bond acceptors (Lipinski definition) is 3. The minimum atomic E-state index is 0.377. The number of unbranched alkanes of at least 4 members (excludes halogenated alkanes) is 2. The molecule has 0 unspecified atom stereocenters. The fourth-order valence-electron chi connectivity index (χ4n) is 1.21. The zero-order valence-corrected chi connectivity index (χ0v) is 9.59. The molecule has 0 saturated heterocycles. The van der Waals surface area contributed by atoms with Crippen LogP contribution in [0.1, 0.15) is 24.8 Å². The lowest BCUT2D eigenvalue weighted by atomic mass is 10.2. The van der Waals surface area contributed by atoms with Gasteiger partial charge >= 0.3 is 0 Å². The number of nitrogens with one attached hydrogen (secondary N) is 1. The first-order chi connectivity index (χ1) is 7.79. The number of nitriles is 1. The van der Waals surface area contributed by atoms with Crippen molar-refractivity contribution in [2.75, 3.05) is 11.9 Å². The monoisotopic (exact) mass is 233 g/mol. The number of pyridine rings is 1. The summed E-state index contributed by atoms with van der Waals surface area (Å²) in [5.74, 6) is 3.14. The van der Waals surface area contributed by atoms with E-state index in [0.717, 1.165) is 25.8 Å². The minimum Gasteiger partial charge on any atom is -0.369 e. The van der Waals surface area contributed by atoms with E-state index < -0.39 is 0 Å². The molecule has 0 aliphatic rings. The molecule has 4 heteroatoms. The van der Waals surface area contributed by atoms with Crippen LogP contribution in [0.2, 0.25) is 5.02 Å². The first-order valence-corrected chi connectivity index (χ1v) is 5.39. The standard InChI is InChI=1S/C12H12ClN3/c1-2-3-4-5-7-15-12-11(13)10(9-14)6-8-16-12/h1,6,8H,3-5,7H2,(H,15,16). The van der Waals surface area contributed by atoms with E-state index in [2.05, 4.69) is 16.2 Å². The molecule has 0 saturated carbocycles. The van der Waals surface area contributed by atoms with Crippen LogP contribution in [0, 0.1) is 23.7 Å². The number of halogens is 1. The largest absolute Gasteiger partial charge is 0.369 e. The topological polar surface area (TPSA) is 48.7 Å². The first kappa shape index (κ1) is 12.4. The van der Waals surface area contributed by atoms with Gasteiger partial charge in [0, 0.05) is 19.2 Å². The normalized spacial score (nSPS) is 9.19. The third kappa shape index (κ3) is 3.46. The number of terminal acetylenes is 1. The lowest BCUT2D eigenvalue weighted by Gasteiger charge is -2.06. The van der Waals surface area contributed by atoms with Crippen molar-refractivity contribution in [3.8, 4) is 18.4 Å². The maximum Gasteiger partial charge on any atom is 0.146 e. The fraction of sp³-hybridized carbons (Fsp3) is 0.333. The van der Waals surface area contributed by atoms with Crippen LogP contribution in [0.5, 0.6) is 0 Å². The van der Waals surface area contributed by atoms with Crippen molar-refractivity contribution in [2.45, 2.75) is 19.3 Å². The van der Waals surface area contributed by atoms with Crippen molar-refractivity contribution in [1.29, 1.82) is 5.26 Å². The maximum absolute atomic E-state index is 8.77. The summed E-state index contributed by atoms with van der Waals surface area (Å²) >= 11 is 5.97. The number of rotatable bonds is 5. The zero-order valence-electron chi connectivity index (χ0n) is 8.83. The molecule has 1 N–H and O–H groups in total. The predicted molar refractivity (Wildman–Crippen MR) is 65.1 cm³/mol. The SMILES string of the molecule is C#CCCCCNc1nccc(C#N)c1Cl. The molecule has 0 aromatic carbocycles. The van der Waals surface area contributed by atoms with E-state index in [9.17, 15) is 0 Å². The molecule has 1 aromatic heterocycles. The second-order valence-corrected chi connectivity index (χ2v) is 3.60. The van der Waals surface area contributed by atoms with Crippen LogP contribution in [0.4, 0.5) is 5.82 Å². The van der Waals surface area contributed by atoms with Crippen molar-refractivity contribution in [3.63, 3.8) is 0 Å². The zero-order chi connectivity index (χ0) is 11.8. The van der Waals surface area contributed by atoms with E-state index in [1.54, 1.807) is 12.3 Å². The molecular weight excluding hydrogens is 222 g/mol. The average Bonchev–Trinajstić information content (AvgIpc) is 2.31. The summed E-state index contributed by atoms with van der Waals surface area (Å²) in [6.07, 6.45) is 9.42. The molecule has 0 radical (unpaired) electrons. The average molecular weight is 234 g/mol. The van der Waals surface area contributed by atoms with Crippen LogP contribution in [-0.2, 0) is 0 Å². The molecule has 0 fully saturated rings. The predicted octanol–water partition coefficient (Wildman–Crippen LogP) is 2.82. The Morgan fingerprint density at radius 1 is 1.50 bits per heavy atom. The van der Waals surface area contributed by atoms with Gasteiger partial charge in [0.1, 0.15) is 16.9 Å². The third-order valence-corrected chi connectivity index (χ3v) is 2.43. The van der Waals surface area contributed by atoms with Crippen LogP contribution >= 0.6 is 11.6 Å². The molecule has 1 aromatic rings. The van der Waals surface area contributed by atoms with Gasteiger partial charge < -0.3 is 5.32 Å². The highest BCUT2D eigenvalue weighted by atomic mass is 35.5. The Balaban J connectivity index is 2.49. The summed E-state index contributed by atoms with van der Waals surface area (Å²) in [5, 5.41) is 12.2. The number of nitrogens with zero attached hydrogens (tertiary/aromatic N) is 2. The molecule has 1 rings (SSSR count). The van der Waals surface area contributed by atoms with E-state index in [1.807, 2.05) is 6.07 Å². The van der Waals surface area contributed by atoms with Crippen LogP contribution in [-0.4, -0.2) is 11.5 Å². The summed E-state index contributed by atoms with van der Waals surface area (Å²) < 4.78 is 0. The van der Waals surface area contributed by atoms with E-state index in [-0.39, 0.29) is 0 Å². The van der Waals surface area contributed by atoms with Crippen molar-refractivity contribution < 1.29 is 0 Å². The number of hydrogen-bond donors (Lipinski definition) is 1. The van der Waals surface area contributed by atoms with Crippen LogP contribution < -0.4 is 5.32 Å². The highest BCUT2D eigenvalue weighted by Gasteiger charge is 2.05. The van der Waals surface area contributed by atoms with Crippen molar-refractivity contribution in [3.05, 3.63) is 22.8 Å². The minimum absolute atomic E-state index is 0.377. The van der Waals surface area contributed by atoms with E-state index in [1.165, 1.54) is 0 Å². The van der Waals surface area contributed by atoms with Crippen molar-refractivity contribution >= 4 is 17.4 Å². The molecule has 0 amide bonds. The quantitative estimate of drug-likeness (QED) is 0.629. The highest BCUT2D eigenvalue weighted by molar-refractivity contribution is 6.34. The van der Waals surface area contributed by atoms with Gasteiger partial charge in [-0.2, -0.15) is 5.26 Å². The Morgan fingerprint density at radius 2 is 2.31 bits per heavy atom. The van der Waals surface area contributed by atoms with Gasteiger partial charge in [0.2, 0.25) is 0 Å². The van der Waals surface area contributed by atoms with Gasteiger partial charge in [0.25, 0.3) is 0 Å². The van der Waals surface area contributed by atoms with Gasteiger partial charge in [-0.3, -0.25) is 0 Å². The summed E-state index contributed by atoms with van der Waals surface area (Å²) in [5.41, 5.74) is 0.433. The van der Waals surface area contributed by atoms with Crippen LogP contribution in [0.15, 0.2) is 12.3 Å². The van der Waals surface area contributed by atoms with Gasteiger partial charge in [-0.05, 0) is 18.9 Å². The van der Waals surface area contributed by atoms with Crippen molar-refractivity contribution in [2.24, 2.45) is 0 Å². The molecule has 16 heavy (non-hydrogen) atoms. The summed E-state index contributed by atoms with van der Waals surface area (Å²) in [6.45, 7) is 0.753. The van der Waals surface area contributed by atoms with E-state index >= 15 is 0 Å². The Bertz CT molecular complexity index is 429. The molecular formula is C12H12ClN3. The van der Waals surface area contributed by atoms with Crippen LogP contribution in [0.25, 0.3) is 0 Å². The lowest BCUT2D eigenvalue weighted by Crippen LogP contribution is -2.04. The molecule has 0 bridgehead atoms. The number of aromatic nitrogens is 1. The summed E-state index contributed by atoms with van der Waals surface area (Å²) in [4.78, 5) is 4.07. The van der Waals surface area contributed by atoms with Gasteiger partial charge in [-0.1, -0.05) is 11.6 Å². The lowest BCUT2D eigenvalue weighted by molar-refractivity contribution is 0.787. The Morgan fingerprint density at radius 3 is 3.00 bits per heavy atom. The Labute approximate surface area is 100 Å². The Kier molecular flexibility index (Phi) is 5.19. The third-order valence-electron chi connectivity index (χ3n) is 2.05. The molecule has 0 atom stereocenters. The van der Waals surface area contributed by atoms with E-state index in [0.29, 0.717) is 16.4 Å². The maximum atomic E-state index is 8.77. The van der Waals surface area contributed by atoms with Crippen LogP contribution in [0.3, 0.4) is 0 Å². The first-order valence-electron chi connectivity index (χ1n) is 5.01. The fourth-order valence-corrected chi connectivity index (χ4v) is 1.43. The van der Waals surface area contributed by atoms with Gasteiger partial charge in [-0.25, -0.2) is 4.98 Å². The van der Waals surface area contributed by atoms with E-state index in [4.69, 9.17) is 23.3 Å². The molecule has 3 nitrogen and oxygen atoms in total. The number of anilines is 1. The van der Waals surface area contributed by atoms with Gasteiger partial charge in [-0.15, -0.1) is 12.3 Å². The Hall–Kier alpha value is -1.71. The van der Waals surface area contributed by atoms with Gasteiger partial charge in [0.05, 0.1) is 5.56 Å². The smallest absolute Gasteiger partial charge is 0.146 e. The summed E-state index contributed by atoms with van der Waals surface area (Å²) in [7, 11) is 0. The molecule has 0 spiro atoms. The molecule has 1 heterocycles. The molecule has 82 valence electrons. The highest BCUT2D eigenvalue weighted by Crippen LogP contribution is 2.22. The second-order valence-electron chi connectivity index (χ2n) is 3.22. The molecule has 0 aliphatic carbocycles.